The van der Waals surface area contributed by atoms with Crippen molar-refractivity contribution >= 4 is 17.5 Å². The van der Waals surface area contributed by atoms with Crippen molar-refractivity contribution in [3.8, 4) is 17.1 Å². The van der Waals surface area contributed by atoms with Gasteiger partial charge in [0.05, 0.1) is 7.11 Å². The quantitative estimate of drug-likeness (QED) is 0.763. The van der Waals surface area contributed by atoms with Gasteiger partial charge < -0.3 is 14.5 Å². The van der Waals surface area contributed by atoms with Gasteiger partial charge in [-0.15, -0.1) is 0 Å². The lowest BCUT2D eigenvalue weighted by Gasteiger charge is -2.06. The number of oxazole rings is 1. The van der Waals surface area contributed by atoms with Crippen LogP contribution in [0.25, 0.3) is 11.3 Å². The van der Waals surface area contributed by atoms with E-state index < -0.39 is 0 Å². The molecule has 0 fully saturated rings. The molecule has 0 radical (unpaired) electrons. The highest BCUT2D eigenvalue weighted by Gasteiger charge is 2.18. The summed E-state index contributed by atoms with van der Waals surface area (Å²) in [5, 5.41) is 3.39. The topological polar surface area (TPSA) is 64.4 Å². The number of aromatic nitrogens is 1. The lowest BCUT2D eigenvalue weighted by atomic mass is 10.1. The predicted octanol–water partition coefficient (Wildman–Crippen LogP) is 3.93. The van der Waals surface area contributed by atoms with Gasteiger partial charge in [0, 0.05) is 17.1 Å². The number of nitrogens with one attached hydrogen (secondary N) is 1. The number of hydrogen-bond donors (Lipinski definition) is 1. The van der Waals surface area contributed by atoms with Gasteiger partial charge >= 0.3 is 0 Å². The molecule has 0 atom stereocenters. The fraction of sp³-hybridized carbons (Fsp3) is 0.111. The molecule has 3 rings (SSSR count). The second-order valence-electron chi connectivity index (χ2n) is 5.07. The standard InChI is InChI=1S/C18H15ClN2O3/c1-23-15-7-2-4-12(8-15)10-20-18(22)16-17(24-11-21-16)13-5-3-6-14(19)9-13/h2-9,11H,10H2,1H3,(H,20,22). The van der Waals surface area contributed by atoms with Crippen molar-refractivity contribution in [1.82, 2.24) is 10.3 Å². The Morgan fingerprint density at radius 2 is 2.08 bits per heavy atom. The zero-order valence-corrected chi connectivity index (χ0v) is 13.7. The minimum absolute atomic E-state index is 0.222. The average Bonchev–Trinajstić information content (AvgIpc) is 3.10. The van der Waals surface area contributed by atoms with E-state index in [0.29, 0.717) is 22.9 Å². The minimum Gasteiger partial charge on any atom is -0.497 e. The van der Waals surface area contributed by atoms with Gasteiger partial charge in [0.1, 0.15) is 5.75 Å². The number of carbonyl (C=O) groups excluding carboxylic acids is 1. The number of hydrogen-bond acceptors (Lipinski definition) is 4. The van der Waals surface area contributed by atoms with Crippen molar-refractivity contribution in [2.45, 2.75) is 6.54 Å². The van der Waals surface area contributed by atoms with Crippen LogP contribution in [0.15, 0.2) is 59.3 Å². The number of amides is 1. The maximum absolute atomic E-state index is 12.4. The summed E-state index contributed by atoms with van der Waals surface area (Å²) in [7, 11) is 1.60. The molecule has 122 valence electrons. The molecular weight excluding hydrogens is 328 g/mol. The molecule has 3 aromatic rings. The van der Waals surface area contributed by atoms with E-state index in [1.165, 1.54) is 6.39 Å². The molecule has 24 heavy (non-hydrogen) atoms. The second-order valence-corrected chi connectivity index (χ2v) is 5.51. The maximum atomic E-state index is 12.4. The summed E-state index contributed by atoms with van der Waals surface area (Å²) >= 11 is 5.99. The first-order chi connectivity index (χ1) is 11.7. The number of methoxy groups -OCH3 is 1. The lowest BCUT2D eigenvalue weighted by Crippen LogP contribution is -2.23. The Bertz CT molecular complexity index is 861. The molecule has 1 heterocycles. The van der Waals surface area contributed by atoms with E-state index >= 15 is 0 Å². The smallest absolute Gasteiger partial charge is 0.274 e. The predicted molar refractivity (Wildman–Crippen MR) is 91.1 cm³/mol. The Balaban J connectivity index is 1.75. The summed E-state index contributed by atoms with van der Waals surface area (Å²) in [6, 6.07) is 14.6. The molecule has 0 bridgehead atoms. The second kappa shape index (κ2) is 7.19. The van der Waals surface area contributed by atoms with Gasteiger partial charge in [0.2, 0.25) is 0 Å². The average molecular weight is 343 g/mol. The molecule has 5 nitrogen and oxygen atoms in total. The van der Waals surface area contributed by atoms with E-state index in [1.807, 2.05) is 30.3 Å². The highest BCUT2D eigenvalue weighted by molar-refractivity contribution is 6.30. The molecule has 0 saturated heterocycles. The molecule has 0 unspecified atom stereocenters. The third-order valence-corrected chi connectivity index (χ3v) is 3.69. The first kappa shape index (κ1) is 16.1. The first-order valence-electron chi connectivity index (χ1n) is 7.28. The van der Waals surface area contributed by atoms with Crippen LogP contribution in [0.4, 0.5) is 0 Å². The number of nitrogens with zero attached hydrogens (tertiary/aromatic N) is 1. The van der Waals surface area contributed by atoms with Gasteiger partial charge in [-0.1, -0.05) is 35.9 Å². The van der Waals surface area contributed by atoms with Gasteiger partial charge in [-0.25, -0.2) is 4.98 Å². The van der Waals surface area contributed by atoms with Crippen LogP contribution < -0.4 is 10.1 Å². The van der Waals surface area contributed by atoms with Crippen molar-refractivity contribution in [3.63, 3.8) is 0 Å². The molecular formula is C18H15ClN2O3. The minimum atomic E-state index is -0.318. The van der Waals surface area contributed by atoms with Crippen LogP contribution in [0, 0.1) is 0 Å². The van der Waals surface area contributed by atoms with E-state index in [9.17, 15) is 4.79 Å². The Morgan fingerprint density at radius 1 is 1.25 bits per heavy atom. The van der Waals surface area contributed by atoms with Gasteiger partial charge in [-0.3, -0.25) is 4.79 Å². The monoisotopic (exact) mass is 342 g/mol. The zero-order valence-electron chi connectivity index (χ0n) is 13.0. The van der Waals surface area contributed by atoms with Crippen molar-refractivity contribution < 1.29 is 13.9 Å². The van der Waals surface area contributed by atoms with Gasteiger partial charge in [-0.05, 0) is 29.8 Å². The van der Waals surface area contributed by atoms with Crippen LogP contribution in [0.3, 0.4) is 0 Å². The summed E-state index contributed by atoms with van der Waals surface area (Å²) in [5.74, 6) is 0.810. The lowest BCUT2D eigenvalue weighted by molar-refractivity contribution is 0.0946. The molecule has 0 saturated carbocycles. The van der Waals surface area contributed by atoms with Gasteiger partial charge in [0.25, 0.3) is 5.91 Å². The third-order valence-electron chi connectivity index (χ3n) is 3.46. The van der Waals surface area contributed by atoms with Crippen LogP contribution >= 0.6 is 11.6 Å². The summed E-state index contributed by atoms with van der Waals surface area (Å²) in [6.45, 7) is 0.359. The van der Waals surface area contributed by atoms with Crippen LogP contribution in [-0.4, -0.2) is 18.0 Å². The number of rotatable bonds is 5. The van der Waals surface area contributed by atoms with E-state index in [-0.39, 0.29) is 11.6 Å². The Labute approximate surface area is 144 Å². The first-order valence-corrected chi connectivity index (χ1v) is 7.65. The van der Waals surface area contributed by atoms with Crippen molar-refractivity contribution in [2.24, 2.45) is 0 Å². The highest BCUT2D eigenvalue weighted by atomic mass is 35.5. The molecule has 1 aromatic heterocycles. The molecule has 2 aromatic carbocycles. The highest BCUT2D eigenvalue weighted by Crippen LogP contribution is 2.25. The van der Waals surface area contributed by atoms with Crippen molar-refractivity contribution in [1.29, 1.82) is 0 Å². The van der Waals surface area contributed by atoms with Gasteiger partial charge in [0.15, 0.2) is 17.8 Å². The fourth-order valence-corrected chi connectivity index (χ4v) is 2.48. The van der Waals surface area contributed by atoms with Crippen molar-refractivity contribution in [3.05, 3.63) is 71.2 Å². The Kier molecular flexibility index (Phi) is 4.82. The normalized spacial score (nSPS) is 10.4. The van der Waals surface area contributed by atoms with Gasteiger partial charge in [-0.2, -0.15) is 0 Å². The molecule has 0 aliphatic heterocycles. The molecule has 0 spiro atoms. The third kappa shape index (κ3) is 3.58. The molecule has 0 aliphatic rings. The molecule has 1 N–H and O–H groups in total. The zero-order chi connectivity index (χ0) is 16.9. The van der Waals surface area contributed by atoms with Crippen LogP contribution in [0.1, 0.15) is 16.1 Å². The van der Waals surface area contributed by atoms with E-state index in [1.54, 1.807) is 25.3 Å². The summed E-state index contributed by atoms with van der Waals surface area (Å²) in [4.78, 5) is 16.4. The Morgan fingerprint density at radius 3 is 2.88 bits per heavy atom. The SMILES string of the molecule is COc1cccc(CNC(=O)c2ncoc2-c2cccc(Cl)c2)c1. The van der Waals surface area contributed by atoms with E-state index in [4.69, 9.17) is 20.8 Å². The molecule has 0 aliphatic carbocycles. The number of halogens is 1. The maximum Gasteiger partial charge on any atom is 0.274 e. The number of ether oxygens (including phenoxy) is 1. The van der Waals surface area contributed by atoms with Crippen LogP contribution in [0.5, 0.6) is 5.75 Å². The van der Waals surface area contributed by atoms with E-state index in [2.05, 4.69) is 10.3 Å². The van der Waals surface area contributed by atoms with Crippen molar-refractivity contribution in [2.75, 3.05) is 7.11 Å². The van der Waals surface area contributed by atoms with E-state index in [0.717, 1.165) is 11.3 Å². The number of benzene rings is 2. The molecule has 6 heteroatoms. The fourth-order valence-electron chi connectivity index (χ4n) is 2.29. The summed E-state index contributed by atoms with van der Waals surface area (Å²) < 4.78 is 10.5. The summed E-state index contributed by atoms with van der Waals surface area (Å²) in [5.41, 5.74) is 1.85. The van der Waals surface area contributed by atoms with Crippen LogP contribution in [-0.2, 0) is 6.54 Å². The number of carbonyl (C=O) groups is 1. The summed E-state index contributed by atoms with van der Waals surface area (Å²) in [6.07, 6.45) is 1.25. The largest absolute Gasteiger partial charge is 0.497 e. The Hall–Kier alpha value is -2.79. The van der Waals surface area contributed by atoms with Crippen LogP contribution in [0.2, 0.25) is 5.02 Å². The molecule has 1 amide bonds.